The largest absolute Gasteiger partial charge is 0.311 e. The molecule has 1 amide bonds. The third kappa shape index (κ3) is 2.64. The SMILES string of the molecule is O=C(Nc1nc2c(s1)CNCC2)c1ccc(F)cc1. The molecule has 0 saturated heterocycles. The van der Waals surface area contributed by atoms with Gasteiger partial charge in [0.25, 0.3) is 5.91 Å². The van der Waals surface area contributed by atoms with E-state index in [9.17, 15) is 9.18 Å². The Morgan fingerprint density at radius 1 is 1.37 bits per heavy atom. The number of nitrogens with zero attached hydrogens (tertiary/aromatic N) is 1. The molecule has 0 atom stereocenters. The predicted molar refractivity (Wildman–Crippen MR) is 71.9 cm³/mol. The van der Waals surface area contributed by atoms with Gasteiger partial charge in [-0.2, -0.15) is 0 Å². The Labute approximate surface area is 113 Å². The summed E-state index contributed by atoms with van der Waals surface area (Å²) >= 11 is 1.48. The van der Waals surface area contributed by atoms with Crippen molar-refractivity contribution in [3.05, 3.63) is 46.2 Å². The molecular weight excluding hydrogens is 265 g/mol. The molecule has 2 heterocycles. The van der Waals surface area contributed by atoms with Crippen LogP contribution in [0.3, 0.4) is 0 Å². The highest BCUT2D eigenvalue weighted by Gasteiger charge is 2.16. The van der Waals surface area contributed by atoms with Crippen LogP contribution in [-0.2, 0) is 13.0 Å². The van der Waals surface area contributed by atoms with Gasteiger partial charge in [-0.05, 0) is 24.3 Å². The van der Waals surface area contributed by atoms with Gasteiger partial charge < -0.3 is 5.32 Å². The molecule has 1 aliphatic rings. The summed E-state index contributed by atoms with van der Waals surface area (Å²) in [6.45, 7) is 1.72. The second kappa shape index (κ2) is 5.07. The maximum atomic E-state index is 12.8. The van der Waals surface area contributed by atoms with Crippen molar-refractivity contribution in [1.82, 2.24) is 10.3 Å². The number of hydrogen-bond acceptors (Lipinski definition) is 4. The molecule has 2 aromatic rings. The zero-order valence-electron chi connectivity index (χ0n) is 10.1. The number of hydrogen-bond donors (Lipinski definition) is 2. The lowest BCUT2D eigenvalue weighted by Crippen LogP contribution is -2.22. The first-order valence-corrected chi connectivity index (χ1v) is 6.80. The van der Waals surface area contributed by atoms with Crippen LogP contribution in [0.1, 0.15) is 20.9 Å². The third-order valence-electron chi connectivity index (χ3n) is 2.93. The first kappa shape index (κ1) is 12.3. The minimum absolute atomic E-state index is 0.265. The van der Waals surface area contributed by atoms with Crippen LogP contribution in [0.5, 0.6) is 0 Å². The number of fused-ring (bicyclic) bond motifs is 1. The van der Waals surface area contributed by atoms with Crippen LogP contribution in [0.15, 0.2) is 24.3 Å². The van der Waals surface area contributed by atoms with E-state index in [-0.39, 0.29) is 11.7 Å². The van der Waals surface area contributed by atoms with E-state index in [2.05, 4.69) is 15.6 Å². The molecule has 0 fully saturated rings. The molecule has 3 rings (SSSR count). The van der Waals surface area contributed by atoms with Gasteiger partial charge in [0.2, 0.25) is 0 Å². The number of aromatic nitrogens is 1. The van der Waals surface area contributed by atoms with Gasteiger partial charge in [0.15, 0.2) is 5.13 Å². The molecule has 1 aliphatic heterocycles. The lowest BCUT2D eigenvalue weighted by atomic mass is 10.2. The standard InChI is InChI=1S/C13H12FN3OS/c14-9-3-1-8(2-4-9)12(18)17-13-16-10-5-6-15-7-11(10)19-13/h1-4,15H,5-7H2,(H,16,17,18). The van der Waals surface area contributed by atoms with Crippen LogP contribution in [0.4, 0.5) is 9.52 Å². The summed E-state index contributed by atoms with van der Waals surface area (Å²) in [7, 11) is 0. The predicted octanol–water partition coefficient (Wildman–Crippen LogP) is 2.18. The van der Waals surface area contributed by atoms with Crippen molar-refractivity contribution < 1.29 is 9.18 Å². The highest BCUT2D eigenvalue weighted by atomic mass is 32.1. The van der Waals surface area contributed by atoms with Gasteiger partial charge in [0, 0.05) is 30.0 Å². The molecule has 1 aromatic carbocycles. The molecule has 0 unspecified atom stereocenters. The van der Waals surface area contributed by atoms with E-state index in [1.54, 1.807) is 0 Å². The monoisotopic (exact) mass is 277 g/mol. The summed E-state index contributed by atoms with van der Waals surface area (Å²) in [6.07, 6.45) is 0.887. The number of benzene rings is 1. The molecule has 0 saturated carbocycles. The van der Waals surface area contributed by atoms with E-state index >= 15 is 0 Å². The summed E-state index contributed by atoms with van der Waals surface area (Å²) in [4.78, 5) is 17.5. The number of carbonyl (C=O) groups is 1. The first-order valence-electron chi connectivity index (χ1n) is 5.98. The van der Waals surface area contributed by atoms with E-state index in [4.69, 9.17) is 0 Å². The van der Waals surface area contributed by atoms with Gasteiger partial charge in [-0.1, -0.05) is 0 Å². The fourth-order valence-electron chi connectivity index (χ4n) is 1.95. The smallest absolute Gasteiger partial charge is 0.257 e. The van der Waals surface area contributed by atoms with Gasteiger partial charge in [-0.25, -0.2) is 9.37 Å². The normalized spacial score (nSPS) is 13.9. The molecular formula is C13H12FN3OS. The van der Waals surface area contributed by atoms with Crippen molar-refractivity contribution >= 4 is 22.4 Å². The zero-order chi connectivity index (χ0) is 13.2. The molecule has 0 bridgehead atoms. The van der Waals surface area contributed by atoms with Crippen molar-refractivity contribution in [2.45, 2.75) is 13.0 Å². The van der Waals surface area contributed by atoms with E-state index in [1.807, 2.05) is 0 Å². The molecule has 1 aromatic heterocycles. The average Bonchev–Trinajstić information content (AvgIpc) is 2.81. The number of halogens is 1. The summed E-state index contributed by atoms with van der Waals surface area (Å²) in [5, 5.41) is 6.61. The van der Waals surface area contributed by atoms with Crippen LogP contribution >= 0.6 is 11.3 Å². The molecule has 6 heteroatoms. The number of rotatable bonds is 2. The number of anilines is 1. The molecule has 0 aliphatic carbocycles. The minimum Gasteiger partial charge on any atom is -0.311 e. The summed E-state index contributed by atoms with van der Waals surface area (Å²) in [6, 6.07) is 5.46. The van der Waals surface area contributed by atoms with Crippen LogP contribution in [-0.4, -0.2) is 17.4 Å². The van der Waals surface area contributed by atoms with Gasteiger partial charge >= 0.3 is 0 Å². The van der Waals surface area contributed by atoms with E-state index in [0.717, 1.165) is 25.2 Å². The molecule has 4 nitrogen and oxygen atoms in total. The topological polar surface area (TPSA) is 54.0 Å². The molecule has 19 heavy (non-hydrogen) atoms. The molecule has 98 valence electrons. The van der Waals surface area contributed by atoms with Crippen LogP contribution in [0.25, 0.3) is 0 Å². The van der Waals surface area contributed by atoms with Gasteiger partial charge in [-0.15, -0.1) is 11.3 Å². The van der Waals surface area contributed by atoms with Crippen molar-refractivity contribution in [3.63, 3.8) is 0 Å². The highest BCUT2D eigenvalue weighted by Crippen LogP contribution is 2.25. The Bertz CT molecular complexity index is 585. The second-order valence-corrected chi connectivity index (χ2v) is 5.36. The number of nitrogens with one attached hydrogen (secondary N) is 2. The Morgan fingerprint density at radius 2 is 2.16 bits per heavy atom. The molecule has 0 radical (unpaired) electrons. The third-order valence-corrected chi connectivity index (χ3v) is 3.94. The van der Waals surface area contributed by atoms with Crippen molar-refractivity contribution in [3.8, 4) is 0 Å². The Morgan fingerprint density at radius 3 is 2.89 bits per heavy atom. The van der Waals surface area contributed by atoms with Gasteiger partial charge in [0.1, 0.15) is 5.82 Å². The maximum absolute atomic E-state index is 12.8. The van der Waals surface area contributed by atoms with Crippen LogP contribution < -0.4 is 10.6 Å². The number of carbonyl (C=O) groups excluding carboxylic acids is 1. The quantitative estimate of drug-likeness (QED) is 0.884. The van der Waals surface area contributed by atoms with E-state index < -0.39 is 0 Å². The number of amides is 1. The van der Waals surface area contributed by atoms with E-state index in [1.165, 1.54) is 40.5 Å². The van der Waals surface area contributed by atoms with Crippen molar-refractivity contribution in [2.24, 2.45) is 0 Å². The van der Waals surface area contributed by atoms with Crippen molar-refractivity contribution in [2.75, 3.05) is 11.9 Å². The van der Waals surface area contributed by atoms with E-state index in [0.29, 0.717) is 10.7 Å². The maximum Gasteiger partial charge on any atom is 0.257 e. The Kier molecular flexibility index (Phi) is 3.27. The van der Waals surface area contributed by atoms with Crippen molar-refractivity contribution in [1.29, 1.82) is 0 Å². The fraction of sp³-hybridized carbons (Fsp3) is 0.231. The average molecular weight is 277 g/mol. The Balaban J connectivity index is 1.75. The summed E-state index contributed by atoms with van der Waals surface area (Å²) in [5.74, 6) is -0.619. The summed E-state index contributed by atoms with van der Waals surface area (Å²) in [5.41, 5.74) is 1.48. The molecule has 0 spiro atoms. The summed E-state index contributed by atoms with van der Waals surface area (Å²) < 4.78 is 12.8. The lowest BCUT2D eigenvalue weighted by molar-refractivity contribution is 0.102. The fourth-order valence-corrected chi connectivity index (χ4v) is 2.92. The zero-order valence-corrected chi connectivity index (χ0v) is 10.9. The molecule has 2 N–H and O–H groups in total. The minimum atomic E-state index is -0.354. The highest BCUT2D eigenvalue weighted by molar-refractivity contribution is 7.15. The Hall–Kier alpha value is -1.79. The number of thiazole rings is 1. The van der Waals surface area contributed by atoms with Gasteiger partial charge in [-0.3, -0.25) is 10.1 Å². The lowest BCUT2D eigenvalue weighted by Gasteiger charge is -2.09. The first-order chi connectivity index (χ1) is 9.22. The second-order valence-electron chi connectivity index (χ2n) is 4.28. The van der Waals surface area contributed by atoms with Gasteiger partial charge in [0.05, 0.1) is 5.69 Å². The van der Waals surface area contributed by atoms with Crippen LogP contribution in [0.2, 0.25) is 0 Å². The van der Waals surface area contributed by atoms with Crippen LogP contribution in [0, 0.1) is 5.82 Å².